The molecule has 150 valence electrons. The molecule has 0 saturated heterocycles. The summed E-state index contributed by atoms with van der Waals surface area (Å²) >= 11 is 0. The maximum Gasteiger partial charge on any atom is 0.261 e. The van der Waals surface area contributed by atoms with Crippen molar-refractivity contribution in [2.24, 2.45) is 0 Å². The van der Waals surface area contributed by atoms with E-state index in [0.717, 1.165) is 12.0 Å². The minimum atomic E-state index is -3.77. The highest BCUT2D eigenvalue weighted by molar-refractivity contribution is 7.92. The van der Waals surface area contributed by atoms with E-state index in [1.807, 2.05) is 26.0 Å². The first-order valence-electron chi connectivity index (χ1n) is 9.01. The van der Waals surface area contributed by atoms with Crippen LogP contribution in [-0.2, 0) is 14.8 Å². The number of para-hydroxylation sites is 1. The lowest BCUT2D eigenvalue weighted by molar-refractivity contribution is -0.122. The van der Waals surface area contributed by atoms with Gasteiger partial charge in [0.1, 0.15) is 6.04 Å². The smallest absolute Gasteiger partial charge is 0.261 e. The molecule has 0 radical (unpaired) electrons. The minimum absolute atomic E-state index is 0.0426. The number of anilines is 1. The van der Waals surface area contributed by atoms with Gasteiger partial charge in [0.25, 0.3) is 15.9 Å². The lowest BCUT2D eigenvalue weighted by atomic mass is 10.2. The zero-order chi connectivity index (χ0) is 20.7. The second kappa shape index (κ2) is 9.36. The summed E-state index contributed by atoms with van der Waals surface area (Å²) in [4.78, 5) is 24.2. The average Bonchev–Trinajstić information content (AvgIpc) is 2.67. The standard InChI is InChI=1S/C20H25N3O4S/c1-4-13-21-19(24)15(3)22-20(25)16-9-11-17(12-10-16)28(26,27)23-18-8-6-5-7-14(18)2/h5-12,15,23H,4,13H2,1-3H3,(H,21,24)(H,22,25). The first-order valence-corrected chi connectivity index (χ1v) is 10.5. The zero-order valence-corrected chi connectivity index (χ0v) is 17.0. The van der Waals surface area contributed by atoms with Gasteiger partial charge in [-0.05, 0) is 56.2 Å². The molecular formula is C20H25N3O4S. The third kappa shape index (κ3) is 5.56. The van der Waals surface area contributed by atoms with Gasteiger partial charge in [0, 0.05) is 12.1 Å². The molecule has 0 aromatic heterocycles. The maximum atomic E-state index is 12.5. The number of carbonyl (C=O) groups is 2. The molecule has 1 unspecified atom stereocenters. The molecule has 0 heterocycles. The van der Waals surface area contributed by atoms with Crippen molar-refractivity contribution >= 4 is 27.5 Å². The number of hydrogen-bond acceptors (Lipinski definition) is 4. The number of hydrogen-bond donors (Lipinski definition) is 3. The Kier molecular flexibility index (Phi) is 7.17. The summed E-state index contributed by atoms with van der Waals surface area (Å²) in [6, 6.07) is 11.9. The highest BCUT2D eigenvalue weighted by Gasteiger charge is 2.18. The van der Waals surface area contributed by atoms with Crippen molar-refractivity contribution in [2.45, 2.75) is 38.1 Å². The molecule has 0 aliphatic rings. The molecule has 2 amide bonds. The predicted molar refractivity (Wildman–Crippen MR) is 109 cm³/mol. The molecule has 0 fully saturated rings. The van der Waals surface area contributed by atoms with Crippen LogP contribution in [0, 0.1) is 6.92 Å². The Morgan fingerprint density at radius 3 is 2.29 bits per heavy atom. The van der Waals surface area contributed by atoms with E-state index in [2.05, 4.69) is 15.4 Å². The van der Waals surface area contributed by atoms with E-state index in [9.17, 15) is 18.0 Å². The van der Waals surface area contributed by atoms with Gasteiger partial charge >= 0.3 is 0 Å². The molecule has 0 spiro atoms. The van der Waals surface area contributed by atoms with E-state index >= 15 is 0 Å². The molecule has 1 atom stereocenters. The van der Waals surface area contributed by atoms with Crippen molar-refractivity contribution < 1.29 is 18.0 Å². The van der Waals surface area contributed by atoms with Crippen LogP contribution in [0.25, 0.3) is 0 Å². The Labute approximate surface area is 165 Å². The third-order valence-corrected chi connectivity index (χ3v) is 5.49. The van der Waals surface area contributed by atoms with Gasteiger partial charge in [0.2, 0.25) is 5.91 Å². The number of amides is 2. The molecule has 0 saturated carbocycles. The van der Waals surface area contributed by atoms with Crippen LogP contribution in [0.2, 0.25) is 0 Å². The topological polar surface area (TPSA) is 104 Å². The fourth-order valence-electron chi connectivity index (χ4n) is 2.42. The van der Waals surface area contributed by atoms with Crippen molar-refractivity contribution in [1.82, 2.24) is 10.6 Å². The molecule has 0 bridgehead atoms. The minimum Gasteiger partial charge on any atom is -0.354 e. The lowest BCUT2D eigenvalue weighted by Gasteiger charge is -2.14. The van der Waals surface area contributed by atoms with E-state index < -0.39 is 22.0 Å². The van der Waals surface area contributed by atoms with Crippen molar-refractivity contribution in [3.05, 3.63) is 59.7 Å². The number of sulfonamides is 1. The fraction of sp³-hybridized carbons (Fsp3) is 0.300. The van der Waals surface area contributed by atoms with Crippen LogP contribution in [0.5, 0.6) is 0 Å². The molecule has 0 aliphatic carbocycles. The van der Waals surface area contributed by atoms with Crippen LogP contribution in [0.1, 0.15) is 36.2 Å². The predicted octanol–water partition coefficient (Wildman–Crippen LogP) is 2.44. The van der Waals surface area contributed by atoms with Crippen LogP contribution in [-0.4, -0.2) is 32.8 Å². The highest BCUT2D eigenvalue weighted by Crippen LogP contribution is 2.19. The summed E-state index contributed by atoms with van der Waals surface area (Å²) in [5.41, 5.74) is 1.57. The molecule has 28 heavy (non-hydrogen) atoms. The van der Waals surface area contributed by atoms with Crippen LogP contribution in [0.3, 0.4) is 0 Å². The Bertz CT molecular complexity index is 940. The number of rotatable bonds is 8. The monoisotopic (exact) mass is 403 g/mol. The van der Waals surface area contributed by atoms with E-state index in [-0.39, 0.29) is 16.4 Å². The van der Waals surface area contributed by atoms with E-state index in [0.29, 0.717) is 12.2 Å². The third-order valence-electron chi connectivity index (χ3n) is 4.11. The highest BCUT2D eigenvalue weighted by atomic mass is 32.2. The van der Waals surface area contributed by atoms with E-state index in [1.165, 1.54) is 24.3 Å². The second-order valence-electron chi connectivity index (χ2n) is 6.43. The van der Waals surface area contributed by atoms with Crippen molar-refractivity contribution in [2.75, 3.05) is 11.3 Å². The average molecular weight is 404 g/mol. The van der Waals surface area contributed by atoms with Crippen molar-refractivity contribution in [3.63, 3.8) is 0 Å². The number of aryl methyl sites for hydroxylation is 1. The van der Waals surface area contributed by atoms with Gasteiger partial charge in [-0.3, -0.25) is 14.3 Å². The van der Waals surface area contributed by atoms with E-state index in [1.54, 1.807) is 19.1 Å². The molecule has 2 rings (SSSR count). The molecule has 2 aromatic carbocycles. The van der Waals surface area contributed by atoms with Gasteiger partial charge in [0.15, 0.2) is 0 Å². The van der Waals surface area contributed by atoms with Gasteiger partial charge in [-0.2, -0.15) is 0 Å². The molecule has 7 nitrogen and oxygen atoms in total. The van der Waals surface area contributed by atoms with Crippen molar-refractivity contribution in [3.8, 4) is 0 Å². The molecular weight excluding hydrogens is 378 g/mol. The SMILES string of the molecule is CCCNC(=O)C(C)NC(=O)c1ccc(S(=O)(=O)Nc2ccccc2C)cc1. The Hall–Kier alpha value is -2.87. The molecule has 3 N–H and O–H groups in total. The van der Waals surface area contributed by atoms with Crippen LogP contribution in [0.15, 0.2) is 53.4 Å². The lowest BCUT2D eigenvalue weighted by Crippen LogP contribution is -2.45. The maximum absolute atomic E-state index is 12.5. The number of carbonyl (C=O) groups excluding carboxylic acids is 2. The van der Waals surface area contributed by atoms with E-state index in [4.69, 9.17) is 0 Å². The first kappa shape index (κ1) is 21.4. The second-order valence-corrected chi connectivity index (χ2v) is 8.11. The Morgan fingerprint density at radius 2 is 1.68 bits per heavy atom. The summed E-state index contributed by atoms with van der Waals surface area (Å²) in [7, 11) is -3.77. The van der Waals surface area contributed by atoms with Gasteiger partial charge in [-0.25, -0.2) is 8.42 Å². The largest absolute Gasteiger partial charge is 0.354 e. The van der Waals surface area contributed by atoms with Crippen LogP contribution >= 0.6 is 0 Å². The Morgan fingerprint density at radius 1 is 1.04 bits per heavy atom. The zero-order valence-electron chi connectivity index (χ0n) is 16.2. The van der Waals surface area contributed by atoms with Crippen LogP contribution in [0.4, 0.5) is 5.69 Å². The molecule has 2 aromatic rings. The summed E-state index contributed by atoms with van der Waals surface area (Å²) in [6.07, 6.45) is 0.804. The van der Waals surface area contributed by atoms with Gasteiger partial charge in [-0.15, -0.1) is 0 Å². The number of nitrogens with one attached hydrogen (secondary N) is 3. The molecule has 0 aliphatic heterocycles. The van der Waals surface area contributed by atoms with Gasteiger partial charge in [0.05, 0.1) is 10.6 Å². The summed E-state index contributed by atoms with van der Waals surface area (Å²) in [5.74, 6) is -0.716. The Balaban J connectivity index is 2.07. The summed E-state index contributed by atoms with van der Waals surface area (Å²) in [5, 5.41) is 5.30. The normalized spacial score (nSPS) is 12.1. The van der Waals surface area contributed by atoms with Gasteiger partial charge in [-0.1, -0.05) is 25.1 Å². The van der Waals surface area contributed by atoms with Gasteiger partial charge < -0.3 is 10.6 Å². The summed E-state index contributed by atoms with van der Waals surface area (Å²) in [6.45, 7) is 5.88. The van der Waals surface area contributed by atoms with Crippen LogP contribution < -0.4 is 15.4 Å². The summed E-state index contributed by atoms with van der Waals surface area (Å²) < 4.78 is 27.6. The quantitative estimate of drug-likeness (QED) is 0.630. The number of benzene rings is 2. The fourth-order valence-corrected chi connectivity index (χ4v) is 3.55. The first-order chi connectivity index (χ1) is 13.2. The van der Waals surface area contributed by atoms with Crippen molar-refractivity contribution in [1.29, 1.82) is 0 Å². The molecule has 8 heteroatoms.